The van der Waals surface area contributed by atoms with Crippen molar-refractivity contribution in [3.8, 4) is 0 Å². The summed E-state index contributed by atoms with van der Waals surface area (Å²) in [5.41, 5.74) is 0. The highest BCUT2D eigenvalue weighted by molar-refractivity contribution is 4.96. The van der Waals surface area contributed by atoms with Crippen LogP contribution in [-0.2, 0) is 0 Å². The Hall–Kier alpha value is -0.660. The Morgan fingerprint density at radius 1 is 0.295 bits per heavy atom. The minimum Gasteiger partial charge on any atom is -0.356 e. The van der Waals surface area contributed by atoms with Gasteiger partial charge in [-0.2, -0.15) is 0 Å². The quantitative estimate of drug-likeness (QED) is 0.0646. The van der Waals surface area contributed by atoms with E-state index in [0.29, 0.717) is 6.17 Å². The van der Waals surface area contributed by atoms with E-state index in [1.807, 2.05) is 0 Å². The van der Waals surface area contributed by atoms with E-state index < -0.39 is 0 Å². The van der Waals surface area contributed by atoms with Crippen molar-refractivity contribution in [2.45, 2.75) is 245 Å². The van der Waals surface area contributed by atoms with Crippen LogP contribution in [0.25, 0.3) is 0 Å². The maximum Gasteiger partial charge on any atom is 0.101 e. The van der Waals surface area contributed by atoms with Gasteiger partial charge in [0.05, 0.1) is 0 Å². The van der Waals surface area contributed by atoms with E-state index >= 15 is 0 Å². The van der Waals surface area contributed by atoms with Gasteiger partial charge in [0.15, 0.2) is 0 Å². The highest BCUT2D eigenvalue weighted by Crippen LogP contribution is 2.23. The minimum absolute atomic E-state index is 0.637. The Morgan fingerprint density at radius 2 is 0.568 bits per heavy atom. The van der Waals surface area contributed by atoms with Crippen molar-refractivity contribution >= 4 is 0 Å². The Bertz CT molecular complexity index is 572. The molecule has 44 heavy (non-hydrogen) atoms. The number of nitrogens with zero attached hydrogens (tertiary/aromatic N) is 2. The van der Waals surface area contributed by atoms with Crippen LogP contribution in [0.15, 0.2) is 12.4 Å². The Balaban J connectivity index is 1.95. The largest absolute Gasteiger partial charge is 0.356 e. The first-order valence-corrected chi connectivity index (χ1v) is 21.0. The molecular formula is C42H84N2. The summed E-state index contributed by atoms with van der Waals surface area (Å²) in [5.74, 6) is 0. The van der Waals surface area contributed by atoms with Gasteiger partial charge in [-0.1, -0.05) is 213 Å². The van der Waals surface area contributed by atoms with Gasteiger partial charge < -0.3 is 9.80 Å². The van der Waals surface area contributed by atoms with Crippen molar-refractivity contribution in [2.75, 3.05) is 13.1 Å². The van der Waals surface area contributed by atoms with Crippen LogP contribution in [-0.4, -0.2) is 29.1 Å². The van der Waals surface area contributed by atoms with Gasteiger partial charge in [-0.15, -0.1) is 0 Å². The molecule has 1 rings (SSSR count). The van der Waals surface area contributed by atoms with E-state index in [2.05, 4.69) is 43.0 Å². The molecule has 0 fully saturated rings. The summed E-state index contributed by atoms with van der Waals surface area (Å²) >= 11 is 0. The molecule has 0 amide bonds. The zero-order valence-electron chi connectivity index (χ0n) is 31.1. The lowest BCUT2D eigenvalue weighted by Crippen LogP contribution is -2.39. The summed E-state index contributed by atoms with van der Waals surface area (Å²) < 4.78 is 0. The van der Waals surface area contributed by atoms with Crippen molar-refractivity contribution in [3.63, 3.8) is 0 Å². The van der Waals surface area contributed by atoms with Crippen LogP contribution in [0.2, 0.25) is 0 Å². The molecule has 0 saturated carbocycles. The standard InChI is InChI=1S/C42H84N2/c1-4-7-9-11-13-15-17-19-21-22-23-25-27-29-31-33-35-37-42-43(38-6-3)40-41-44(42)39-36-34-32-30-28-26-24-20-18-16-14-12-10-8-5-2/h40-42H,4-39H2,1-3H3. The third-order valence-corrected chi connectivity index (χ3v) is 10.3. The van der Waals surface area contributed by atoms with Gasteiger partial charge in [-0.05, 0) is 25.7 Å². The maximum absolute atomic E-state index is 2.68. The summed E-state index contributed by atoms with van der Waals surface area (Å²) in [6.45, 7) is 9.43. The molecule has 0 radical (unpaired) electrons. The van der Waals surface area contributed by atoms with Gasteiger partial charge in [0.1, 0.15) is 6.17 Å². The van der Waals surface area contributed by atoms with Gasteiger partial charge in [0.2, 0.25) is 0 Å². The second kappa shape index (κ2) is 33.7. The highest BCUT2D eigenvalue weighted by atomic mass is 15.4. The number of rotatable bonds is 36. The normalized spacial score (nSPS) is 14.8. The van der Waals surface area contributed by atoms with Crippen molar-refractivity contribution < 1.29 is 0 Å². The summed E-state index contributed by atoms with van der Waals surface area (Å²) in [7, 11) is 0. The number of hydrogen-bond acceptors (Lipinski definition) is 2. The minimum atomic E-state index is 0.637. The van der Waals surface area contributed by atoms with Gasteiger partial charge >= 0.3 is 0 Å². The monoisotopic (exact) mass is 617 g/mol. The first kappa shape index (κ1) is 41.4. The molecule has 0 aromatic rings. The molecule has 1 atom stereocenters. The lowest BCUT2D eigenvalue weighted by Gasteiger charge is -2.33. The van der Waals surface area contributed by atoms with Crippen molar-refractivity contribution in [2.24, 2.45) is 0 Å². The molecule has 1 heterocycles. The average Bonchev–Trinajstić information content (AvgIpc) is 3.41. The molecule has 0 aromatic heterocycles. The second-order valence-electron chi connectivity index (χ2n) is 14.6. The zero-order valence-corrected chi connectivity index (χ0v) is 31.1. The first-order chi connectivity index (χ1) is 21.8. The van der Waals surface area contributed by atoms with Gasteiger partial charge in [-0.25, -0.2) is 0 Å². The molecule has 0 spiro atoms. The van der Waals surface area contributed by atoms with Crippen LogP contribution < -0.4 is 0 Å². The van der Waals surface area contributed by atoms with E-state index in [1.54, 1.807) is 0 Å². The molecule has 0 saturated heterocycles. The smallest absolute Gasteiger partial charge is 0.101 e. The molecule has 1 aliphatic heterocycles. The van der Waals surface area contributed by atoms with Crippen LogP contribution in [0.4, 0.5) is 0 Å². The molecule has 0 N–H and O–H groups in total. The first-order valence-electron chi connectivity index (χ1n) is 21.0. The SMILES string of the molecule is CCCCCCCCCCCCCCCCCCCC1N(CCC)C=CN1CCCCCCCCCCCCCCCCC. The number of unbranched alkanes of at least 4 members (excludes halogenated alkanes) is 30. The second-order valence-corrected chi connectivity index (χ2v) is 14.6. The van der Waals surface area contributed by atoms with Crippen LogP contribution in [0, 0.1) is 0 Å². The van der Waals surface area contributed by atoms with E-state index in [0.717, 1.165) is 0 Å². The molecule has 2 heteroatoms. The van der Waals surface area contributed by atoms with Crippen LogP contribution in [0.1, 0.15) is 239 Å². The maximum atomic E-state index is 2.68. The molecule has 1 aliphatic rings. The summed E-state index contributed by atoms with van der Waals surface area (Å²) in [5, 5.41) is 0. The van der Waals surface area contributed by atoms with Crippen LogP contribution in [0.3, 0.4) is 0 Å². The topological polar surface area (TPSA) is 6.48 Å². The summed E-state index contributed by atoms with van der Waals surface area (Å²) in [6, 6.07) is 0. The molecular weight excluding hydrogens is 532 g/mol. The Labute approximate surface area is 280 Å². The molecule has 0 aliphatic carbocycles. The van der Waals surface area contributed by atoms with Crippen molar-refractivity contribution in [1.82, 2.24) is 9.80 Å². The van der Waals surface area contributed by atoms with E-state index in [1.165, 1.54) is 231 Å². The van der Waals surface area contributed by atoms with Gasteiger partial charge in [0.25, 0.3) is 0 Å². The zero-order chi connectivity index (χ0) is 31.6. The van der Waals surface area contributed by atoms with E-state index in [9.17, 15) is 0 Å². The molecule has 2 nitrogen and oxygen atoms in total. The lowest BCUT2D eigenvalue weighted by atomic mass is 10.0. The summed E-state index contributed by atoms with van der Waals surface area (Å²) in [6.07, 6.45) is 54.6. The predicted octanol–water partition coefficient (Wildman–Crippen LogP) is 14.7. The average molecular weight is 617 g/mol. The predicted molar refractivity (Wildman–Crippen MR) is 200 cm³/mol. The molecule has 0 aromatic carbocycles. The summed E-state index contributed by atoms with van der Waals surface area (Å²) in [4.78, 5) is 5.32. The van der Waals surface area contributed by atoms with Crippen LogP contribution >= 0.6 is 0 Å². The van der Waals surface area contributed by atoms with Gasteiger partial charge in [-0.3, -0.25) is 0 Å². The van der Waals surface area contributed by atoms with Crippen molar-refractivity contribution in [3.05, 3.63) is 12.4 Å². The van der Waals surface area contributed by atoms with Crippen LogP contribution in [0.5, 0.6) is 0 Å². The lowest BCUT2D eigenvalue weighted by molar-refractivity contribution is 0.137. The van der Waals surface area contributed by atoms with E-state index in [-0.39, 0.29) is 0 Å². The molecule has 0 bridgehead atoms. The number of hydrogen-bond donors (Lipinski definition) is 0. The third-order valence-electron chi connectivity index (χ3n) is 10.3. The fourth-order valence-corrected chi connectivity index (χ4v) is 7.31. The third kappa shape index (κ3) is 25.5. The fraction of sp³-hybridized carbons (Fsp3) is 0.952. The Morgan fingerprint density at radius 3 is 0.886 bits per heavy atom. The fourth-order valence-electron chi connectivity index (χ4n) is 7.31. The molecule has 262 valence electrons. The highest BCUT2D eigenvalue weighted by Gasteiger charge is 2.24. The van der Waals surface area contributed by atoms with Crippen molar-refractivity contribution in [1.29, 1.82) is 0 Å². The molecule has 1 unspecified atom stereocenters. The van der Waals surface area contributed by atoms with E-state index in [4.69, 9.17) is 0 Å². The van der Waals surface area contributed by atoms with Gasteiger partial charge in [0, 0.05) is 25.5 Å². The Kier molecular flexibility index (Phi) is 31.7.